The maximum atomic E-state index is 13.8. The van der Waals surface area contributed by atoms with Crippen LogP contribution in [-0.4, -0.2) is 11.9 Å². The van der Waals surface area contributed by atoms with Crippen LogP contribution in [0.4, 0.5) is 0 Å². The van der Waals surface area contributed by atoms with Gasteiger partial charge in [-0.3, -0.25) is 0 Å². The maximum Gasteiger partial charge on any atom is 0.338 e. The molecular weight excluding hydrogens is 665 g/mol. The average molecular weight is 715 g/mol. The number of rotatable bonds is 17. The zero-order valence-electron chi connectivity index (χ0n) is 31.5. The molecule has 2 unspecified atom stereocenters. The van der Waals surface area contributed by atoms with Gasteiger partial charge in [-0.05, 0) is 94.5 Å². The van der Waals surface area contributed by atoms with Crippen LogP contribution in [0.25, 0.3) is 22.3 Å². The van der Waals surface area contributed by atoms with Crippen LogP contribution >= 0.6 is 0 Å². The van der Waals surface area contributed by atoms with E-state index in [9.17, 15) is 9.59 Å². The Morgan fingerprint density at radius 2 is 0.722 bits per heavy atom. The Bertz CT molecular complexity index is 1880. The van der Waals surface area contributed by atoms with Crippen LogP contribution in [0.2, 0.25) is 0 Å². The van der Waals surface area contributed by atoms with Gasteiger partial charge in [0.15, 0.2) is 12.2 Å². The molecule has 6 rings (SSSR count). The number of carbonyl (C=O) groups excluding carboxylic acids is 2. The van der Waals surface area contributed by atoms with Crippen LogP contribution in [0.3, 0.4) is 0 Å². The van der Waals surface area contributed by atoms with E-state index in [1.54, 1.807) is 24.3 Å². The van der Waals surface area contributed by atoms with Crippen molar-refractivity contribution in [1.82, 2.24) is 0 Å². The van der Waals surface area contributed by atoms with Crippen LogP contribution in [0, 0.1) is 0 Å². The molecule has 2 atom stereocenters. The summed E-state index contributed by atoms with van der Waals surface area (Å²) in [4.78, 5) is 27.7. The fourth-order valence-corrected chi connectivity index (χ4v) is 6.74. The van der Waals surface area contributed by atoms with E-state index in [1.165, 1.54) is 49.7 Å². The number of hydrogen-bond donors (Lipinski definition) is 0. The minimum absolute atomic E-state index is 0.415. The van der Waals surface area contributed by atoms with Gasteiger partial charge in [-0.25, -0.2) is 9.59 Å². The van der Waals surface area contributed by atoms with Gasteiger partial charge in [-0.15, -0.1) is 0 Å². The highest BCUT2D eigenvalue weighted by Gasteiger charge is 2.32. The van der Waals surface area contributed by atoms with Gasteiger partial charge in [0.05, 0.1) is 11.1 Å². The van der Waals surface area contributed by atoms with Crippen molar-refractivity contribution >= 4 is 11.9 Å². The third kappa shape index (κ3) is 10.2. The van der Waals surface area contributed by atoms with E-state index in [1.807, 2.05) is 84.9 Å². The molecule has 0 aliphatic heterocycles. The average Bonchev–Trinajstić information content (AvgIpc) is 3.23. The van der Waals surface area contributed by atoms with E-state index in [4.69, 9.17) is 9.47 Å². The zero-order valence-corrected chi connectivity index (χ0v) is 31.5. The minimum Gasteiger partial charge on any atom is -0.450 e. The molecule has 0 spiro atoms. The van der Waals surface area contributed by atoms with Crippen molar-refractivity contribution in [3.63, 3.8) is 0 Å². The van der Waals surface area contributed by atoms with Crippen LogP contribution < -0.4 is 0 Å². The fraction of sp³-hybridized carbons (Fsp3) is 0.240. The molecule has 6 aromatic rings. The van der Waals surface area contributed by atoms with Gasteiger partial charge in [-0.1, -0.05) is 173 Å². The van der Waals surface area contributed by atoms with Crippen molar-refractivity contribution in [3.8, 4) is 22.3 Å². The third-order valence-electron chi connectivity index (χ3n) is 9.95. The molecule has 0 aliphatic carbocycles. The molecule has 0 N–H and O–H groups in total. The second-order valence-electron chi connectivity index (χ2n) is 13.9. The van der Waals surface area contributed by atoms with Crippen LogP contribution in [-0.2, 0) is 22.3 Å². The summed E-state index contributed by atoms with van der Waals surface area (Å²) in [5, 5.41) is 0. The Hall–Kier alpha value is -5.74. The van der Waals surface area contributed by atoms with Crippen molar-refractivity contribution < 1.29 is 19.1 Å². The number of carbonyl (C=O) groups is 2. The molecule has 0 saturated carbocycles. The van der Waals surface area contributed by atoms with Gasteiger partial charge in [0.1, 0.15) is 0 Å². The second kappa shape index (κ2) is 19.4. The van der Waals surface area contributed by atoms with Gasteiger partial charge < -0.3 is 9.47 Å². The molecule has 0 amide bonds. The van der Waals surface area contributed by atoms with Crippen LogP contribution in [0.1, 0.15) is 108 Å². The number of hydrogen-bond acceptors (Lipinski definition) is 4. The quantitative estimate of drug-likeness (QED) is 0.0697. The molecule has 0 aromatic heterocycles. The van der Waals surface area contributed by atoms with E-state index in [0.29, 0.717) is 11.1 Å². The summed E-state index contributed by atoms with van der Waals surface area (Å²) in [7, 11) is 0. The van der Waals surface area contributed by atoms with E-state index in [0.717, 1.165) is 46.2 Å². The van der Waals surface area contributed by atoms with Crippen molar-refractivity contribution in [2.45, 2.75) is 77.4 Å². The Labute approximate surface area is 320 Å². The highest BCUT2D eigenvalue weighted by molar-refractivity contribution is 5.91. The molecule has 4 nitrogen and oxygen atoms in total. The molecule has 0 fully saturated rings. The highest BCUT2D eigenvalue weighted by atomic mass is 16.6. The summed E-state index contributed by atoms with van der Waals surface area (Å²) in [5.74, 6) is -1.00. The zero-order chi connectivity index (χ0) is 37.5. The number of unbranched alkanes of at least 4 members (excludes halogenated alkanes) is 4. The Morgan fingerprint density at radius 3 is 1.04 bits per heavy atom. The summed E-state index contributed by atoms with van der Waals surface area (Å²) in [6.07, 6.45) is 7.65. The van der Waals surface area contributed by atoms with Gasteiger partial charge in [-0.2, -0.15) is 0 Å². The lowest BCUT2D eigenvalue weighted by atomic mass is 9.97. The molecule has 0 bridgehead atoms. The summed E-state index contributed by atoms with van der Waals surface area (Å²) in [5.41, 5.74) is 9.17. The first-order valence-electron chi connectivity index (χ1n) is 19.4. The number of benzene rings is 6. The lowest BCUT2D eigenvalue weighted by Gasteiger charge is -2.28. The molecule has 0 aliphatic rings. The summed E-state index contributed by atoms with van der Waals surface area (Å²) in [6, 6.07) is 51.2. The topological polar surface area (TPSA) is 52.6 Å². The molecule has 6 aromatic carbocycles. The molecular formula is C50H50O4. The van der Waals surface area contributed by atoms with Crippen molar-refractivity contribution in [2.75, 3.05) is 0 Å². The maximum absolute atomic E-state index is 13.8. The van der Waals surface area contributed by atoms with Gasteiger partial charge in [0.25, 0.3) is 0 Å². The smallest absolute Gasteiger partial charge is 0.338 e. The molecule has 274 valence electrons. The Balaban J connectivity index is 1.20. The molecule has 0 saturated heterocycles. The SMILES string of the molecule is CCCCCc1ccc(-c2ccc(C(=O)OC(c3ccccc3)C(OC(=O)c3ccc(-c4ccc(CCCCC)cc4)cc3)c3ccccc3)cc2)cc1. The standard InChI is InChI=1S/C50H50O4/c1-3-5-9-15-37-21-25-39(26-22-37)41-29-33-45(34-30-41)49(51)53-47(43-17-11-7-12-18-43)48(44-19-13-8-14-20-44)54-50(52)46-35-31-42(32-36-46)40-27-23-38(24-28-40)16-10-6-4-2/h7-8,11-14,17-36,47-48H,3-6,9-10,15-16H2,1-2H3. The summed E-state index contributed by atoms with van der Waals surface area (Å²) in [6.45, 7) is 4.44. The highest BCUT2D eigenvalue weighted by Crippen LogP contribution is 2.37. The van der Waals surface area contributed by atoms with Crippen molar-refractivity contribution in [3.05, 3.63) is 191 Å². The Morgan fingerprint density at radius 1 is 0.407 bits per heavy atom. The van der Waals surface area contributed by atoms with Gasteiger partial charge >= 0.3 is 11.9 Å². The second-order valence-corrected chi connectivity index (χ2v) is 13.9. The Kier molecular flexibility index (Phi) is 13.6. The summed E-state index contributed by atoms with van der Waals surface area (Å²) < 4.78 is 12.6. The van der Waals surface area contributed by atoms with Gasteiger partial charge in [0.2, 0.25) is 0 Å². The van der Waals surface area contributed by atoms with Gasteiger partial charge in [0, 0.05) is 0 Å². The molecule has 54 heavy (non-hydrogen) atoms. The van der Waals surface area contributed by atoms with E-state index in [2.05, 4.69) is 62.4 Å². The lowest BCUT2D eigenvalue weighted by molar-refractivity contribution is -0.0388. The van der Waals surface area contributed by atoms with Crippen molar-refractivity contribution in [2.24, 2.45) is 0 Å². The first-order chi connectivity index (χ1) is 26.5. The minimum atomic E-state index is -0.903. The monoisotopic (exact) mass is 714 g/mol. The van der Waals surface area contributed by atoms with Crippen molar-refractivity contribution in [1.29, 1.82) is 0 Å². The summed E-state index contributed by atoms with van der Waals surface area (Å²) >= 11 is 0. The van der Waals surface area contributed by atoms with E-state index >= 15 is 0 Å². The van der Waals surface area contributed by atoms with Crippen LogP contribution in [0.5, 0.6) is 0 Å². The lowest BCUT2D eigenvalue weighted by Crippen LogP contribution is -2.23. The van der Waals surface area contributed by atoms with E-state index < -0.39 is 24.1 Å². The third-order valence-corrected chi connectivity index (χ3v) is 9.95. The number of aryl methyl sites for hydroxylation is 2. The first-order valence-corrected chi connectivity index (χ1v) is 19.4. The van der Waals surface area contributed by atoms with Crippen LogP contribution in [0.15, 0.2) is 158 Å². The molecule has 0 heterocycles. The fourth-order valence-electron chi connectivity index (χ4n) is 6.74. The largest absolute Gasteiger partial charge is 0.450 e. The van der Waals surface area contributed by atoms with E-state index in [-0.39, 0.29) is 0 Å². The predicted octanol–water partition coefficient (Wildman–Crippen LogP) is 13.0. The predicted molar refractivity (Wildman–Crippen MR) is 219 cm³/mol. The first kappa shape index (κ1) is 38.0. The normalized spacial score (nSPS) is 12.1. The number of ether oxygens (including phenoxy) is 2. The molecule has 0 radical (unpaired) electrons. The molecule has 4 heteroatoms. The number of esters is 2.